The van der Waals surface area contributed by atoms with Crippen molar-refractivity contribution in [3.8, 4) is 5.75 Å². The van der Waals surface area contributed by atoms with Crippen LogP contribution in [0.1, 0.15) is 57.6 Å². The molecule has 1 heterocycles. The molecule has 6 nitrogen and oxygen atoms in total. The van der Waals surface area contributed by atoms with Crippen molar-refractivity contribution < 1.29 is 13.3 Å². The fourth-order valence-corrected chi connectivity index (χ4v) is 5.06. The van der Waals surface area contributed by atoms with E-state index in [-0.39, 0.29) is 11.9 Å². The van der Waals surface area contributed by atoms with E-state index in [1.165, 1.54) is 11.1 Å². The maximum atomic E-state index is 13.7. The normalized spacial score (nSPS) is 14.2. The molecule has 0 bridgehead atoms. The van der Waals surface area contributed by atoms with Crippen molar-refractivity contribution >= 4 is 23.9 Å². The van der Waals surface area contributed by atoms with Crippen LogP contribution in [0.4, 0.5) is 5.69 Å². The molecule has 1 atom stereocenters. The maximum absolute atomic E-state index is 13.7. The number of hydroxylamine groups is 1. The lowest BCUT2D eigenvalue weighted by molar-refractivity contribution is 0.0985. The zero-order valence-electron chi connectivity index (χ0n) is 21.6. The summed E-state index contributed by atoms with van der Waals surface area (Å²) in [6.45, 7) is 4.55. The molecule has 0 spiro atoms. The summed E-state index contributed by atoms with van der Waals surface area (Å²) in [5.41, 5.74) is 10.3. The minimum Gasteiger partial charge on any atom is -0.399 e. The van der Waals surface area contributed by atoms with Gasteiger partial charge in [0.2, 0.25) is 12.3 Å². The molecular formula is C31H31N3O3S. The first-order valence-corrected chi connectivity index (χ1v) is 13.5. The molecule has 5 rings (SSSR count). The first kappa shape index (κ1) is 26.0. The second kappa shape index (κ2) is 12.3. The number of nitrogens with one attached hydrogen (secondary N) is 1. The number of aryl methyl sites for hydroxylation is 3. The van der Waals surface area contributed by atoms with Crippen LogP contribution in [0.2, 0.25) is 0 Å². The van der Waals surface area contributed by atoms with Gasteiger partial charge in [-0.1, -0.05) is 48.9 Å². The van der Waals surface area contributed by atoms with E-state index in [2.05, 4.69) is 29.5 Å². The van der Waals surface area contributed by atoms with E-state index in [0.717, 1.165) is 59.7 Å². The average Bonchev–Trinajstić information content (AvgIpc) is 3.36. The van der Waals surface area contributed by atoms with Gasteiger partial charge in [0.1, 0.15) is 5.75 Å². The molecular weight excluding hydrogens is 494 g/mol. The maximum Gasteiger partial charge on any atom is 0.258 e. The number of nitrogens with zero attached hydrogens (tertiary/aromatic N) is 2. The van der Waals surface area contributed by atoms with Crippen LogP contribution in [0, 0.1) is 6.92 Å². The standard InChI is InChI=1S/C31H31N3O3S/c1-3-23-9-14-28(15-10-23)36-38-37-33-30-16-12-25-11-13-27(19-29(25)30)34(21-24-7-5-17-32-20-24)31(35)26-8-4-6-22(2)18-26/h4-11,13-15,17-20,30,33H,3,12,16,21H2,1-2H3. The molecule has 0 saturated carbocycles. The Labute approximate surface area is 228 Å². The van der Waals surface area contributed by atoms with Crippen LogP contribution in [-0.4, -0.2) is 10.9 Å². The fraction of sp³-hybridized carbons (Fsp3) is 0.226. The van der Waals surface area contributed by atoms with Crippen LogP contribution in [0.25, 0.3) is 0 Å². The van der Waals surface area contributed by atoms with E-state index in [0.29, 0.717) is 12.1 Å². The van der Waals surface area contributed by atoms with E-state index < -0.39 is 0 Å². The number of carbonyl (C=O) groups excluding carboxylic acids is 1. The molecule has 0 saturated heterocycles. The van der Waals surface area contributed by atoms with Crippen molar-refractivity contribution in [2.24, 2.45) is 0 Å². The molecule has 194 valence electrons. The van der Waals surface area contributed by atoms with Crippen molar-refractivity contribution in [2.45, 2.75) is 45.7 Å². The minimum absolute atomic E-state index is 0.00201. The highest BCUT2D eigenvalue weighted by atomic mass is 32.2. The molecule has 1 aliphatic carbocycles. The van der Waals surface area contributed by atoms with Gasteiger partial charge in [-0.3, -0.25) is 9.78 Å². The third-order valence-corrected chi connectivity index (χ3v) is 7.20. The lowest BCUT2D eigenvalue weighted by Gasteiger charge is -2.25. The number of aromatic nitrogens is 1. The second-order valence-corrected chi connectivity index (χ2v) is 9.92. The number of amides is 1. The summed E-state index contributed by atoms with van der Waals surface area (Å²) in [4.78, 5) is 19.8. The van der Waals surface area contributed by atoms with Gasteiger partial charge in [0.15, 0.2) is 0 Å². The van der Waals surface area contributed by atoms with Crippen LogP contribution in [0.3, 0.4) is 0 Å². The van der Waals surface area contributed by atoms with Crippen LogP contribution >= 0.6 is 12.3 Å². The molecule has 0 fully saturated rings. The Hall–Kier alpha value is -3.65. The molecule has 0 aliphatic heterocycles. The number of hydrogen-bond donors (Lipinski definition) is 1. The fourth-order valence-electron chi connectivity index (χ4n) is 4.68. The molecule has 1 aliphatic rings. The Morgan fingerprint density at radius 3 is 2.68 bits per heavy atom. The number of rotatable bonds is 10. The largest absolute Gasteiger partial charge is 0.399 e. The van der Waals surface area contributed by atoms with Gasteiger partial charge in [-0.05, 0) is 90.9 Å². The third kappa shape index (κ3) is 6.25. The van der Waals surface area contributed by atoms with Gasteiger partial charge in [0, 0.05) is 23.6 Å². The zero-order valence-corrected chi connectivity index (χ0v) is 22.4. The van der Waals surface area contributed by atoms with Gasteiger partial charge in [-0.25, -0.2) is 0 Å². The van der Waals surface area contributed by atoms with Gasteiger partial charge in [0.05, 0.1) is 12.6 Å². The molecule has 4 aromatic rings. The molecule has 3 aromatic carbocycles. The highest BCUT2D eigenvalue weighted by Crippen LogP contribution is 2.35. The Bertz CT molecular complexity index is 1380. The summed E-state index contributed by atoms with van der Waals surface area (Å²) < 4.78 is 11.3. The first-order valence-electron chi connectivity index (χ1n) is 12.9. The Kier molecular flexibility index (Phi) is 8.38. The van der Waals surface area contributed by atoms with Crippen LogP contribution in [-0.2, 0) is 23.7 Å². The van der Waals surface area contributed by atoms with E-state index in [1.807, 2.05) is 78.6 Å². The van der Waals surface area contributed by atoms with Crippen molar-refractivity contribution in [1.29, 1.82) is 0 Å². The molecule has 1 N–H and O–H groups in total. The number of anilines is 1. The summed E-state index contributed by atoms with van der Waals surface area (Å²) in [6.07, 6.45) is 6.37. The lowest BCUT2D eigenvalue weighted by atomic mass is 10.1. The Balaban J connectivity index is 1.31. The number of carbonyl (C=O) groups is 1. The second-order valence-electron chi connectivity index (χ2n) is 9.45. The summed E-state index contributed by atoms with van der Waals surface area (Å²) in [6, 6.07) is 25.8. The van der Waals surface area contributed by atoms with Crippen molar-refractivity contribution in [1.82, 2.24) is 10.5 Å². The van der Waals surface area contributed by atoms with Crippen LogP contribution < -0.4 is 14.6 Å². The van der Waals surface area contributed by atoms with Gasteiger partial charge < -0.3 is 9.08 Å². The SMILES string of the molecule is CCc1ccc(OSONC2CCc3ccc(N(Cc4cccnc4)C(=O)c4cccc(C)c4)cc32)cc1. The molecule has 7 heteroatoms. The highest BCUT2D eigenvalue weighted by molar-refractivity contribution is 7.90. The number of pyridine rings is 1. The van der Waals surface area contributed by atoms with Crippen LogP contribution in [0.5, 0.6) is 5.75 Å². The number of hydrogen-bond acceptors (Lipinski definition) is 6. The van der Waals surface area contributed by atoms with Crippen molar-refractivity contribution in [3.05, 3.63) is 125 Å². The predicted octanol–water partition coefficient (Wildman–Crippen LogP) is 6.95. The van der Waals surface area contributed by atoms with Gasteiger partial charge in [0.25, 0.3) is 5.91 Å². The van der Waals surface area contributed by atoms with Crippen LogP contribution in [0.15, 0.2) is 91.3 Å². The Morgan fingerprint density at radius 2 is 1.92 bits per heavy atom. The van der Waals surface area contributed by atoms with Gasteiger partial charge in [-0.2, -0.15) is 9.76 Å². The third-order valence-electron chi connectivity index (χ3n) is 6.78. The summed E-state index contributed by atoms with van der Waals surface area (Å²) in [5.74, 6) is 0.693. The Morgan fingerprint density at radius 1 is 1.05 bits per heavy atom. The number of benzene rings is 3. The first-order chi connectivity index (χ1) is 18.6. The van der Waals surface area contributed by atoms with E-state index in [9.17, 15) is 4.79 Å². The summed E-state index contributed by atoms with van der Waals surface area (Å²) in [7, 11) is 0. The molecule has 1 unspecified atom stereocenters. The van der Waals surface area contributed by atoms with E-state index in [1.54, 1.807) is 12.4 Å². The average molecular weight is 526 g/mol. The smallest absolute Gasteiger partial charge is 0.258 e. The monoisotopic (exact) mass is 525 g/mol. The number of fused-ring (bicyclic) bond motifs is 1. The van der Waals surface area contributed by atoms with Crippen molar-refractivity contribution in [2.75, 3.05) is 4.90 Å². The zero-order chi connectivity index (χ0) is 26.3. The van der Waals surface area contributed by atoms with Gasteiger partial charge >= 0.3 is 0 Å². The molecule has 0 radical (unpaired) electrons. The summed E-state index contributed by atoms with van der Waals surface area (Å²) in [5, 5.41) is 0. The lowest BCUT2D eigenvalue weighted by Crippen LogP contribution is -2.30. The van der Waals surface area contributed by atoms with E-state index >= 15 is 0 Å². The van der Waals surface area contributed by atoms with E-state index in [4.69, 9.17) is 8.47 Å². The molecule has 38 heavy (non-hydrogen) atoms. The van der Waals surface area contributed by atoms with Crippen molar-refractivity contribution in [3.63, 3.8) is 0 Å². The summed E-state index contributed by atoms with van der Waals surface area (Å²) >= 11 is 0.915. The highest BCUT2D eigenvalue weighted by Gasteiger charge is 2.26. The molecule has 1 amide bonds. The molecule has 1 aromatic heterocycles. The topological polar surface area (TPSA) is 63.7 Å². The van der Waals surface area contributed by atoms with Gasteiger partial charge in [-0.15, -0.1) is 0 Å². The minimum atomic E-state index is -0.0469. The quantitative estimate of drug-likeness (QED) is 0.137. The predicted molar refractivity (Wildman–Crippen MR) is 152 cm³/mol.